The van der Waals surface area contributed by atoms with E-state index >= 15 is 0 Å². The molecular weight excluding hydrogens is 326 g/mol. The van der Waals surface area contributed by atoms with E-state index < -0.39 is 20.7 Å². The van der Waals surface area contributed by atoms with Gasteiger partial charge in [0.05, 0.1) is 22.1 Å². The molecule has 130 valence electrons. The van der Waals surface area contributed by atoms with Crippen LogP contribution in [0.15, 0.2) is 30.5 Å². The van der Waals surface area contributed by atoms with Crippen molar-refractivity contribution in [2.24, 2.45) is 0 Å². The lowest BCUT2D eigenvalue weighted by atomic mass is 10.1. The fraction of sp³-hybridized carbons (Fsp3) is 0.412. The van der Waals surface area contributed by atoms with Crippen LogP contribution in [0.2, 0.25) is 0 Å². The number of carbonyl (C=O) groups is 1. The van der Waals surface area contributed by atoms with Crippen LogP contribution in [0.25, 0.3) is 0 Å². The fourth-order valence-corrected chi connectivity index (χ4v) is 2.50. The number of sulfonamides is 1. The Hall–Kier alpha value is -2.33. The Labute approximate surface area is 143 Å². The molecule has 7 heteroatoms. The van der Waals surface area contributed by atoms with E-state index in [2.05, 4.69) is 16.6 Å². The molecule has 1 rings (SSSR count). The van der Waals surface area contributed by atoms with E-state index in [4.69, 9.17) is 5.26 Å². The summed E-state index contributed by atoms with van der Waals surface area (Å²) in [6.07, 6.45) is 0.591. The van der Waals surface area contributed by atoms with Gasteiger partial charge in [-0.05, 0) is 46.2 Å². The summed E-state index contributed by atoms with van der Waals surface area (Å²) in [5.41, 5.74) is 1.65. The van der Waals surface area contributed by atoms with Crippen molar-refractivity contribution in [1.29, 1.82) is 5.26 Å². The number of allylic oxidation sites excluding steroid dienone is 1. The molecule has 0 bridgehead atoms. The predicted octanol–water partition coefficient (Wildman–Crippen LogP) is 3.08. The van der Waals surface area contributed by atoms with Crippen molar-refractivity contribution >= 4 is 21.6 Å². The molecular formula is C17H23N3O3S. The van der Waals surface area contributed by atoms with E-state index in [1.807, 2.05) is 13.0 Å². The first kappa shape index (κ1) is 19.7. The lowest BCUT2D eigenvalue weighted by Crippen LogP contribution is -2.34. The number of hydrogen-bond donors (Lipinski definition) is 2. The van der Waals surface area contributed by atoms with Gasteiger partial charge in [0, 0.05) is 12.1 Å². The first-order chi connectivity index (χ1) is 11.0. The van der Waals surface area contributed by atoms with Crippen molar-refractivity contribution in [3.8, 4) is 6.07 Å². The molecule has 0 aliphatic carbocycles. The number of rotatable bonds is 6. The minimum Gasteiger partial charge on any atom is -0.326 e. The van der Waals surface area contributed by atoms with Gasteiger partial charge >= 0.3 is 0 Å². The van der Waals surface area contributed by atoms with E-state index in [1.54, 1.807) is 39.0 Å². The highest BCUT2D eigenvalue weighted by Gasteiger charge is 2.30. The SMILES string of the molecule is C=C(CCC#N)NC(=O)c1cc(C)ccc1NS(=O)(=O)C(C)(C)C. The Balaban J connectivity index is 3.12. The van der Waals surface area contributed by atoms with E-state index in [0.29, 0.717) is 12.1 Å². The highest BCUT2D eigenvalue weighted by molar-refractivity contribution is 7.94. The number of hydrogen-bond acceptors (Lipinski definition) is 4. The predicted molar refractivity (Wildman–Crippen MR) is 94.9 cm³/mol. The number of amides is 1. The summed E-state index contributed by atoms with van der Waals surface area (Å²) in [4.78, 5) is 12.4. The standard InChI is InChI=1S/C17H23N3O3S/c1-12-8-9-15(20-24(22,23)17(3,4)5)14(11-12)16(21)19-13(2)7-6-10-18/h8-9,11,20H,2,6-7H2,1,3-5H3,(H,19,21). The quantitative estimate of drug-likeness (QED) is 0.824. The Morgan fingerprint density at radius 3 is 2.50 bits per heavy atom. The van der Waals surface area contributed by atoms with Crippen LogP contribution in [0.4, 0.5) is 5.69 Å². The highest BCUT2D eigenvalue weighted by atomic mass is 32.2. The van der Waals surface area contributed by atoms with Gasteiger partial charge in [-0.1, -0.05) is 18.2 Å². The minimum absolute atomic E-state index is 0.209. The van der Waals surface area contributed by atoms with Crippen LogP contribution in [0.5, 0.6) is 0 Å². The van der Waals surface area contributed by atoms with Gasteiger partial charge in [0.1, 0.15) is 0 Å². The third kappa shape index (κ3) is 5.10. The van der Waals surface area contributed by atoms with Crippen LogP contribution in [0, 0.1) is 18.3 Å². The normalized spacial score (nSPS) is 11.5. The van der Waals surface area contributed by atoms with Gasteiger partial charge in [0.2, 0.25) is 10.0 Å². The third-order valence-electron chi connectivity index (χ3n) is 3.30. The molecule has 24 heavy (non-hydrogen) atoms. The zero-order chi connectivity index (χ0) is 18.5. The average molecular weight is 349 g/mol. The topological polar surface area (TPSA) is 99.1 Å². The second kappa shape index (κ2) is 7.49. The maximum atomic E-state index is 12.4. The Morgan fingerprint density at radius 2 is 1.96 bits per heavy atom. The first-order valence-corrected chi connectivity index (χ1v) is 8.95. The second-order valence-corrected chi connectivity index (χ2v) is 8.92. The summed E-state index contributed by atoms with van der Waals surface area (Å²) in [5.74, 6) is -0.465. The zero-order valence-corrected chi connectivity index (χ0v) is 15.3. The molecule has 1 amide bonds. The minimum atomic E-state index is -3.66. The third-order valence-corrected chi connectivity index (χ3v) is 5.40. The summed E-state index contributed by atoms with van der Waals surface area (Å²) in [5, 5.41) is 11.2. The molecule has 0 heterocycles. The van der Waals surface area contributed by atoms with Crippen LogP contribution in [-0.2, 0) is 10.0 Å². The Bertz CT molecular complexity index is 784. The molecule has 0 saturated carbocycles. The summed E-state index contributed by atoms with van der Waals surface area (Å²) in [6.45, 7) is 10.2. The number of nitrogens with zero attached hydrogens (tertiary/aromatic N) is 1. The lowest BCUT2D eigenvalue weighted by Gasteiger charge is -2.22. The number of nitriles is 1. The summed E-state index contributed by atoms with van der Waals surface area (Å²) < 4.78 is 26.2. The molecule has 1 aromatic rings. The molecule has 0 aromatic heterocycles. The fourth-order valence-electron chi connectivity index (χ4n) is 1.73. The van der Waals surface area contributed by atoms with Crippen LogP contribution < -0.4 is 10.0 Å². The maximum Gasteiger partial charge on any atom is 0.257 e. The molecule has 0 aliphatic rings. The van der Waals surface area contributed by atoms with Crippen molar-refractivity contribution in [1.82, 2.24) is 5.32 Å². The van der Waals surface area contributed by atoms with E-state index in [-0.39, 0.29) is 17.7 Å². The number of aryl methyl sites for hydroxylation is 1. The number of carbonyl (C=O) groups excluding carboxylic acids is 1. The first-order valence-electron chi connectivity index (χ1n) is 7.47. The molecule has 6 nitrogen and oxygen atoms in total. The van der Waals surface area contributed by atoms with Gasteiger partial charge in [0.15, 0.2) is 0 Å². The van der Waals surface area contributed by atoms with Crippen LogP contribution >= 0.6 is 0 Å². The number of nitrogens with one attached hydrogen (secondary N) is 2. The van der Waals surface area contributed by atoms with Crippen LogP contribution in [0.1, 0.15) is 49.5 Å². The van der Waals surface area contributed by atoms with Gasteiger partial charge in [-0.15, -0.1) is 0 Å². The van der Waals surface area contributed by atoms with Crippen molar-refractivity contribution in [3.63, 3.8) is 0 Å². The van der Waals surface area contributed by atoms with E-state index in [1.165, 1.54) is 0 Å². The van der Waals surface area contributed by atoms with Gasteiger partial charge in [-0.25, -0.2) is 8.42 Å². The molecule has 0 saturated heterocycles. The lowest BCUT2D eigenvalue weighted by molar-refractivity contribution is 0.0965. The largest absolute Gasteiger partial charge is 0.326 e. The summed E-state index contributed by atoms with van der Waals surface area (Å²) >= 11 is 0. The van der Waals surface area contributed by atoms with Crippen molar-refractivity contribution in [2.75, 3.05) is 4.72 Å². The molecule has 0 fully saturated rings. The van der Waals surface area contributed by atoms with Crippen molar-refractivity contribution in [3.05, 3.63) is 41.6 Å². The second-order valence-electron chi connectivity index (χ2n) is 6.48. The molecule has 0 atom stereocenters. The molecule has 1 aromatic carbocycles. The van der Waals surface area contributed by atoms with Crippen molar-refractivity contribution < 1.29 is 13.2 Å². The molecule has 0 spiro atoms. The highest BCUT2D eigenvalue weighted by Crippen LogP contribution is 2.24. The van der Waals surface area contributed by atoms with Crippen LogP contribution in [0.3, 0.4) is 0 Å². The Morgan fingerprint density at radius 1 is 1.33 bits per heavy atom. The van der Waals surface area contributed by atoms with E-state index in [0.717, 1.165) is 5.56 Å². The molecule has 2 N–H and O–H groups in total. The molecule has 0 unspecified atom stereocenters. The van der Waals surface area contributed by atoms with Gasteiger partial charge in [0.25, 0.3) is 5.91 Å². The van der Waals surface area contributed by atoms with Crippen LogP contribution in [-0.4, -0.2) is 19.1 Å². The monoisotopic (exact) mass is 349 g/mol. The smallest absolute Gasteiger partial charge is 0.257 e. The summed E-state index contributed by atoms with van der Waals surface area (Å²) in [6, 6.07) is 6.87. The van der Waals surface area contributed by atoms with Gasteiger partial charge in [-0.2, -0.15) is 5.26 Å². The molecule has 0 radical (unpaired) electrons. The van der Waals surface area contributed by atoms with Gasteiger partial charge < -0.3 is 5.32 Å². The number of anilines is 1. The average Bonchev–Trinajstić information content (AvgIpc) is 2.45. The van der Waals surface area contributed by atoms with E-state index in [9.17, 15) is 13.2 Å². The van der Waals surface area contributed by atoms with Gasteiger partial charge in [-0.3, -0.25) is 9.52 Å². The zero-order valence-electron chi connectivity index (χ0n) is 14.4. The van der Waals surface area contributed by atoms with Crippen molar-refractivity contribution in [2.45, 2.75) is 45.3 Å². The summed E-state index contributed by atoms with van der Waals surface area (Å²) in [7, 11) is -3.66. The Kier molecular flexibility index (Phi) is 6.16. The molecule has 0 aliphatic heterocycles. The maximum absolute atomic E-state index is 12.4. The number of benzene rings is 1.